The largest absolute Gasteiger partial charge is 0.326 e. The zero-order valence-electron chi connectivity index (χ0n) is 19.7. The van der Waals surface area contributed by atoms with E-state index >= 15 is 0 Å². The molecule has 0 atom stereocenters. The zero-order valence-corrected chi connectivity index (χ0v) is 20.5. The Morgan fingerprint density at radius 1 is 1.18 bits per heavy atom. The van der Waals surface area contributed by atoms with Crippen LogP contribution in [-0.4, -0.2) is 57.9 Å². The molecule has 3 aliphatic rings. The maximum absolute atomic E-state index is 13.3. The lowest BCUT2D eigenvalue weighted by Crippen LogP contribution is -2.51. The minimum absolute atomic E-state index is 0.0611. The number of nitrogens with one attached hydrogen (secondary N) is 2. The number of aromatic nitrogens is 1. The van der Waals surface area contributed by atoms with Gasteiger partial charge in [0.05, 0.1) is 11.7 Å². The number of urea groups is 1. The molecule has 1 spiro atoms. The molecule has 0 bridgehead atoms. The van der Waals surface area contributed by atoms with Crippen molar-refractivity contribution in [1.82, 2.24) is 20.1 Å². The highest BCUT2D eigenvalue weighted by atomic mass is 35.5. The van der Waals surface area contributed by atoms with Crippen molar-refractivity contribution in [2.24, 2.45) is 17.3 Å². The van der Waals surface area contributed by atoms with E-state index in [-0.39, 0.29) is 35.8 Å². The van der Waals surface area contributed by atoms with Crippen molar-refractivity contribution < 1.29 is 14.4 Å². The van der Waals surface area contributed by atoms with Crippen LogP contribution in [0.25, 0.3) is 0 Å². The van der Waals surface area contributed by atoms with Crippen LogP contribution in [0.4, 0.5) is 10.6 Å². The molecule has 4 amide bonds. The summed E-state index contributed by atoms with van der Waals surface area (Å²) in [4.78, 5) is 46.1. The van der Waals surface area contributed by atoms with Gasteiger partial charge in [-0.15, -0.1) is 0 Å². The summed E-state index contributed by atoms with van der Waals surface area (Å²) in [6.45, 7) is 8.32. The van der Waals surface area contributed by atoms with Crippen LogP contribution in [0.15, 0.2) is 18.3 Å². The van der Waals surface area contributed by atoms with Gasteiger partial charge in [-0.2, -0.15) is 0 Å². The Bertz CT molecular complexity index is 898. The predicted molar refractivity (Wildman–Crippen MR) is 127 cm³/mol. The van der Waals surface area contributed by atoms with Gasteiger partial charge in [-0.3, -0.25) is 14.5 Å². The molecule has 2 aliphatic heterocycles. The van der Waals surface area contributed by atoms with Crippen molar-refractivity contribution in [1.29, 1.82) is 0 Å². The fourth-order valence-corrected chi connectivity index (χ4v) is 5.45. The van der Waals surface area contributed by atoms with Crippen LogP contribution in [-0.2, 0) is 9.59 Å². The first-order valence-electron chi connectivity index (χ1n) is 11.9. The number of likely N-dealkylation sites (tertiary alicyclic amines) is 1. The van der Waals surface area contributed by atoms with Crippen LogP contribution >= 0.6 is 11.6 Å². The highest BCUT2D eigenvalue weighted by Crippen LogP contribution is 2.43. The number of pyridine rings is 1. The number of carbonyl (C=O) groups is 3. The maximum Gasteiger partial charge on any atom is 0.326 e. The Kier molecular flexibility index (Phi) is 6.69. The van der Waals surface area contributed by atoms with Crippen molar-refractivity contribution in [2.45, 2.75) is 64.8 Å². The number of piperidine rings is 1. The second-order valence-electron chi connectivity index (χ2n) is 10.8. The lowest BCUT2D eigenvalue weighted by atomic mass is 9.67. The van der Waals surface area contributed by atoms with Gasteiger partial charge < -0.3 is 10.6 Å². The van der Waals surface area contributed by atoms with Gasteiger partial charge in [-0.25, -0.2) is 14.7 Å². The second-order valence-corrected chi connectivity index (χ2v) is 11.2. The summed E-state index contributed by atoms with van der Waals surface area (Å²) in [5, 5.41) is 6.38. The molecule has 1 saturated carbocycles. The Morgan fingerprint density at radius 2 is 1.85 bits per heavy atom. The number of carbonyl (C=O) groups excluding carboxylic acids is 3. The van der Waals surface area contributed by atoms with E-state index in [1.54, 1.807) is 12.1 Å². The average Bonchev–Trinajstić information content (AvgIpc) is 2.99. The van der Waals surface area contributed by atoms with E-state index in [1.165, 1.54) is 11.1 Å². The molecule has 2 saturated heterocycles. The molecule has 1 aromatic rings. The van der Waals surface area contributed by atoms with Crippen molar-refractivity contribution in [3.8, 4) is 0 Å². The van der Waals surface area contributed by atoms with Gasteiger partial charge in [0, 0.05) is 25.2 Å². The summed E-state index contributed by atoms with van der Waals surface area (Å²) in [6.07, 6.45) is 6.15. The lowest BCUT2D eigenvalue weighted by molar-refractivity contribution is -0.135. The van der Waals surface area contributed by atoms with E-state index in [2.05, 4.69) is 41.3 Å². The monoisotopic (exact) mass is 475 g/mol. The Hall–Kier alpha value is -2.19. The third-order valence-corrected chi connectivity index (χ3v) is 7.81. The third-order valence-electron chi connectivity index (χ3n) is 7.59. The van der Waals surface area contributed by atoms with Gasteiger partial charge in [-0.1, -0.05) is 32.4 Å². The number of amides is 4. The van der Waals surface area contributed by atoms with Gasteiger partial charge in [-0.05, 0) is 62.0 Å². The van der Waals surface area contributed by atoms with Gasteiger partial charge >= 0.3 is 6.03 Å². The van der Waals surface area contributed by atoms with E-state index in [0.29, 0.717) is 55.5 Å². The summed E-state index contributed by atoms with van der Waals surface area (Å²) >= 11 is 5.84. The Balaban J connectivity index is 1.28. The van der Waals surface area contributed by atoms with E-state index in [4.69, 9.17) is 11.6 Å². The van der Waals surface area contributed by atoms with Crippen LogP contribution in [0.3, 0.4) is 0 Å². The van der Waals surface area contributed by atoms with Gasteiger partial charge in [0.25, 0.3) is 5.91 Å². The number of anilines is 1. The molecular weight excluding hydrogens is 442 g/mol. The van der Waals surface area contributed by atoms with Crippen LogP contribution < -0.4 is 10.6 Å². The number of imide groups is 1. The molecular formula is C24H34ClN5O3. The van der Waals surface area contributed by atoms with E-state index < -0.39 is 5.54 Å². The second kappa shape index (κ2) is 9.22. The summed E-state index contributed by atoms with van der Waals surface area (Å²) in [5.41, 5.74) is -0.518. The van der Waals surface area contributed by atoms with Gasteiger partial charge in [0.2, 0.25) is 5.91 Å². The summed E-state index contributed by atoms with van der Waals surface area (Å²) in [7, 11) is 0. The Morgan fingerprint density at radius 3 is 2.42 bits per heavy atom. The highest BCUT2D eigenvalue weighted by Gasteiger charge is 2.53. The molecule has 3 heterocycles. The first-order valence-corrected chi connectivity index (χ1v) is 12.2. The molecule has 1 aromatic heterocycles. The average molecular weight is 476 g/mol. The number of halogens is 1. The molecule has 1 aliphatic carbocycles. The smallest absolute Gasteiger partial charge is 0.323 e. The first kappa shape index (κ1) is 24.0. The third kappa shape index (κ3) is 5.17. The quantitative estimate of drug-likeness (QED) is 0.644. The number of hydrogen-bond acceptors (Lipinski definition) is 5. The van der Waals surface area contributed by atoms with Crippen LogP contribution in [0.1, 0.15) is 59.3 Å². The Labute approximate surface area is 200 Å². The highest BCUT2D eigenvalue weighted by molar-refractivity contribution is 6.30. The molecule has 4 rings (SSSR count). The van der Waals surface area contributed by atoms with Crippen LogP contribution in [0, 0.1) is 17.3 Å². The number of rotatable bonds is 4. The summed E-state index contributed by atoms with van der Waals surface area (Å²) in [6, 6.07) is 3.08. The fourth-order valence-electron chi connectivity index (χ4n) is 5.33. The topological polar surface area (TPSA) is 94.6 Å². The summed E-state index contributed by atoms with van der Waals surface area (Å²) in [5.74, 6) is 0.774. The first-order chi connectivity index (χ1) is 15.6. The van der Waals surface area contributed by atoms with Crippen LogP contribution in [0.2, 0.25) is 5.02 Å². The SMILES string of the molecule is CC(C)(C)C1CCC2(CC1)NC(=O)N(CN1CCC(C(=O)Nc3ccc(Cl)cn3)CC1)C2=O. The zero-order chi connectivity index (χ0) is 23.8. The number of nitrogens with zero attached hydrogens (tertiary/aromatic N) is 3. The van der Waals surface area contributed by atoms with Gasteiger partial charge in [0.1, 0.15) is 11.4 Å². The van der Waals surface area contributed by atoms with Crippen molar-refractivity contribution in [3.05, 3.63) is 23.4 Å². The molecule has 0 aromatic carbocycles. The van der Waals surface area contributed by atoms with Crippen molar-refractivity contribution in [3.63, 3.8) is 0 Å². The lowest BCUT2D eigenvalue weighted by Gasteiger charge is -2.40. The van der Waals surface area contributed by atoms with Crippen molar-refractivity contribution in [2.75, 3.05) is 25.1 Å². The number of hydrogen-bond donors (Lipinski definition) is 2. The van der Waals surface area contributed by atoms with Crippen LogP contribution in [0.5, 0.6) is 0 Å². The normalized spacial score (nSPS) is 27.2. The molecule has 180 valence electrons. The minimum atomic E-state index is -0.734. The molecule has 0 unspecified atom stereocenters. The van der Waals surface area contributed by atoms with Gasteiger partial charge in [0.15, 0.2) is 0 Å². The predicted octanol–water partition coefficient (Wildman–Crippen LogP) is 3.87. The van der Waals surface area contributed by atoms with Crippen molar-refractivity contribution >= 4 is 35.3 Å². The molecule has 8 nitrogen and oxygen atoms in total. The standard InChI is InChI=1S/C24H34ClN5O3/c1-23(2,3)17-6-10-24(11-7-17)21(32)30(22(33)28-24)15-29-12-8-16(9-13-29)20(31)27-19-5-4-18(25)14-26-19/h4-5,14,16-17H,6-13,15H2,1-3H3,(H,28,33)(H,26,27,31). The van der Waals surface area contributed by atoms with E-state index in [9.17, 15) is 14.4 Å². The summed E-state index contributed by atoms with van der Waals surface area (Å²) < 4.78 is 0. The maximum atomic E-state index is 13.3. The minimum Gasteiger partial charge on any atom is -0.323 e. The van der Waals surface area contributed by atoms with E-state index in [1.807, 2.05) is 0 Å². The van der Waals surface area contributed by atoms with E-state index in [0.717, 1.165) is 12.8 Å². The fraction of sp³-hybridized carbons (Fsp3) is 0.667. The molecule has 3 fully saturated rings. The molecule has 2 N–H and O–H groups in total. The molecule has 33 heavy (non-hydrogen) atoms. The molecule has 0 radical (unpaired) electrons. The molecule has 9 heteroatoms.